The molecule has 0 spiro atoms. The molecule has 2 aromatic carbocycles. The maximum Gasteiger partial charge on any atom is 0.253 e. The predicted octanol–water partition coefficient (Wildman–Crippen LogP) is 4.05. The second-order valence-electron chi connectivity index (χ2n) is 5.98. The molecule has 3 rings (SSSR count). The summed E-state index contributed by atoms with van der Waals surface area (Å²) < 4.78 is 39.8. The molecule has 8 heteroatoms. The molecule has 1 amide bonds. The minimum atomic E-state index is -0.914. The first-order valence-electron chi connectivity index (χ1n) is 7.87. The third-order valence-corrected chi connectivity index (χ3v) is 4.66. The molecule has 0 aromatic heterocycles. The number of benzene rings is 2. The molecule has 0 aliphatic carbocycles. The van der Waals surface area contributed by atoms with E-state index in [9.17, 15) is 18.0 Å². The van der Waals surface area contributed by atoms with Crippen molar-refractivity contribution in [2.75, 3.05) is 13.1 Å². The summed E-state index contributed by atoms with van der Waals surface area (Å²) in [5.41, 5.74) is 0.786. The summed E-state index contributed by atoms with van der Waals surface area (Å²) in [7, 11) is 0. The molecule has 1 aliphatic heterocycles. The molecule has 1 heterocycles. The van der Waals surface area contributed by atoms with Crippen LogP contribution in [0.4, 0.5) is 13.2 Å². The zero-order valence-corrected chi connectivity index (χ0v) is 15.1. The Bertz CT molecular complexity index is 804. The van der Waals surface area contributed by atoms with Gasteiger partial charge in [-0.15, -0.1) is 12.4 Å². The van der Waals surface area contributed by atoms with Crippen LogP contribution in [-0.2, 0) is 0 Å². The molecule has 2 N–H and O–H groups in total. The van der Waals surface area contributed by atoms with Gasteiger partial charge in [-0.05, 0) is 48.9 Å². The summed E-state index contributed by atoms with van der Waals surface area (Å²) in [5.74, 6) is -2.95. The number of halogens is 5. The minimum Gasteiger partial charge on any atom is -0.347 e. The van der Waals surface area contributed by atoms with Crippen molar-refractivity contribution in [1.29, 1.82) is 0 Å². The second kappa shape index (κ2) is 8.75. The van der Waals surface area contributed by atoms with Crippen molar-refractivity contribution < 1.29 is 18.0 Å². The number of carbonyl (C=O) groups excluding carboxylic acids is 1. The standard InChI is InChI=1S/C18H16ClF3N2O.ClH/c19-14-8-11(20)2-3-13(14)18(25)24-17-9-23-6-5-12(17)10-1-4-15(21)16(22)7-10;/h1-4,7-8,12,17,23H,5-6,9H2,(H,24,25);1H. The zero-order valence-electron chi connectivity index (χ0n) is 13.6. The van der Waals surface area contributed by atoms with Gasteiger partial charge in [0.05, 0.1) is 10.6 Å². The van der Waals surface area contributed by atoms with Crippen LogP contribution < -0.4 is 10.6 Å². The molecule has 1 aliphatic rings. The van der Waals surface area contributed by atoms with Crippen LogP contribution in [0.15, 0.2) is 36.4 Å². The molecule has 3 nitrogen and oxygen atoms in total. The van der Waals surface area contributed by atoms with Crippen molar-refractivity contribution in [3.63, 3.8) is 0 Å². The van der Waals surface area contributed by atoms with Crippen molar-refractivity contribution in [2.24, 2.45) is 0 Å². The SMILES string of the molecule is Cl.O=C(NC1CNCCC1c1ccc(F)c(F)c1)c1ccc(F)cc1Cl. The number of nitrogens with one attached hydrogen (secondary N) is 2. The number of rotatable bonds is 3. The van der Waals surface area contributed by atoms with Gasteiger partial charge in [0.1, 0.15) is 5.82 Å². The third kappa shape index (κ3) is 4.50. The molecule has 0 saturated carbocycles. The van der Waals surface area contributed by atoms with E-state index in [1.54, 1.807) is 0 Å². The number of hydrogen-bond donors (Lipinski definition) is 2. The van der Waals surface area contributed by atoms with Gasteiger partial charge in [-0.1, -0.05) is 17.7 Å². The van der Waals surface area contributed by atoms with Crippen LogP contribution in [0.5, 0.6) is 0 Å². The van der Waals surface area contributed by atoms with Gasteiger partial charge >= 0.3 is 0 Å². The lowest BCUT2D eigenvalue weighted by atomic mass is 9.85. The highest BCUT2D eigenvalue weighted by Gasteiger charge is 2.29. The Balaban J connectivity index is 0.00000243. The van der Waals surface area contributed by atoms with Crippen molar-refractivity contribution >= 4 is 29.9 Å². The van der Waals surface area contributed by atoms with E-state index in [1.165, 1.54) is 12.1 Å². The predicted molar refractivity (Wildman–Crippen MR) is 96.5 cm³/mol. The van der Waals surface area contributed by atoms with Gasteiger partial charge in [-0.3, -0.25) is 4.79 Å². The quantitative estimate of drug-likeness (QED) is 0.809. The second-order valence-corrected chi connectivity index (χ2v) is 6.38. The van der Waals surface area contributed by atoms with Crippen LogP contribution in [0.3, 0.4) is 0 Å². The van der Waals surface area contributed by atoms with E-state index in [4.69, 9.17) is 11.6 Å². The lowest BCUT2D eigenvalue weighted by molar-refractivity contribution is 0.0924. The van der Waals surface area contributed by atoms with Crippen molar-refractivity contribution in [2.45, 2.75) is 18.4 Å². The number of hydrogen-bond acceptors (Lipinski definition) is 2. The number of piperidine rings is 1. The Morgan fingerprint density at radius 3 is 2.58 bits per heavy atom. The number of carbonyl (C=O) groups is 1. The Labute approximate surface area is 160 Å². The molecule has 26 heavy (non-hydrogen) atoms. The van der Waals surface area contributed by atoms with Crippen LogP contribution in [0.25, 0.3) is 0 Å². The average Bonchev–Trinajstić information content (AvgIpc) is 2.58. The Morgan fingerprint density at radius 1 is 1.12 bits per heavy atom. The Hall–Kier alpha value is -1.76. The molecule has 140 valence electrons. The van der Waals surface area contributed by atoms with Gasteiger partial charge in [0.25, 0.3) is 5.91 Å². The highest BCUT2D eigenvalue weighted by atomic mass is 35.5. The van der Waals surface area contributed by atoms with Gasteiger partial charge in [0.15, 0.2) is 11.6 Å². The topological polar surface area (TPSA) is 41.1 Å². The van der Waals surface area contributed by atoms with Crippen molar-refractivity contribution in [3.05, 3.63) is 70.0 Å². The molecule has 2 unspecified atom stereocenters. The summed E-state index contributed by atoms with van der Waals surface area (Å²) in [6.45, 7) is 1.18. The minimum absolute atomic E-state index is 0. The fourth-order valence-electron chi connectivity index (χ4n) is 3.07. The van der Waals surface area contributed by atoms with Crippen LogP contribution in [-0.4, -0.2) is 25.0 Å². The van der Waals surface area contributed by atoms with Crippen molar-refractivity contribution in [1.82, 2.24) is 10.6 Å². The van der Waals surface area contributed by atoms with Crippen molar-refractivity contribution in [3.8, 4) is 0 Å². The Kier molecular flexibility index (Phi) is 6.92. The lowest BCUT2D eigenvalue weighted by Gasteiger charge is -2.33. The third-order valence-electron chi connectivity index (χ3n) is 4.35. The molecule has 2 aromatic rings. The summed E-state index contributed by atoms with van der Waals surface area (Å²) in [6.07, 6.45) is 0.660. The summed E-state index contributed by atoms with van der Waals surface area (Å²) in [6, 6.07) is 6.99. The van der Waals surface area contributed by atoms with Crippen LogP contribution >= 0.6 is 24.0 Å². The van der Waals surface area contributed by atoms with Gasteiger partial charge in [-0.25, -0.2) is 13.2 Å². The smallest absolute Gasteiger partial charge is 0.253 e. The largest absolute Gasteiger partial charge is 0.347 e. The first-order chi connectivity index (χ1) is 12.0. The lowest BCUT2D eigenvalue weighted by Crippen LogP contribution is -2.50. The van der Waals surface area contributed by atoms with E-state index in [0.717, 1.165) is 24.3 Å². The van der Waals surface area contributed by atoms with E-state index in [2.05, 4.69) is 10.6 Å². The van der Waals surface area contributed by atoms with E-state index in [-0.39, 0.29) is 35.0 Å². The summed E-state index contributed by atoms with van der Waals surface area (Å²) in [5, 5.41) is 6.04. The maximum atomic E-state index is 13.5. The van der Waals surface area contributed by atoms with E-state index in [1.807, 2.05) is 0 Å². The average molecular weight is 405 g/mol. The maximum absolute atomic E-state index is 13.5. The molecule has 0 bridgehead atoms. The van der Waals surface area contributed by atoms with Crippen LogP contribution in [0, 0.1) is 17.5 Å². The van der Waals surface area contributed by atoms with Crippen LogP contribution in [0.2, 0.25) is 5.02 Å². The summed E-state index contributed by atoms with van der Waals surface area (Å²) in [4.78, 5) is 12.5. The highest BCUT2D eigenvalue weighted by molar-refractivity contribution is 6.33. The normalized spacial score (nSPS) is 19.5. The van der Waals surface area contributed by atoms with E-state index < -0.39 is 23.4 Å². The van der Waals surface area contributed by atoms with Gasteiger partial charge < -0.3 is 10.6 Å². The summed E-state index contributed by atoms with van der Waals surface area (Å²) >= 11 is 5.93. The molecular formula is C18H17Cl2F3N2O. The van der Waals surface area contributed by atoms with Gasteiger partial charge in [0.2, 0.25) is 0 Å². The van der Waals surface area contributed by atoms with Gasteiger partial charge in [-0.2, -0.15) is 0 Å². The highest BCUT2D eigenvalue weighted by Crippen LogP contribution is 2.27. The first-order valence-corrected chi connectivity index (χ1v) is 8.25. The van der Waals surface area contributed by atoms with E-state index >= 15 is 0 Å². The molecule has 2 atom stereocenters. The fourth-order valence-corrected chi connectivity index (χ4v) is 3.32. The monoisotopic (exact) mass is 404 g/mol. The molecular weight excluding hydrogens is 388 g/mol. The molecule has 0 radical (unpaired) electrons. The van der Waals surface area contributed by atoms with Gasteiger partial charge in [0, 0.05) is 18.5 Å². The molecule has 1 fully saturated rings. The van der Waals surface area contributed by atoms with Crippen LogP contribution in [0.1, 0.15) is 28.3 Å². The van der Waals surface area contributed by atoms with E-state index in [0.29, 0.717) is 25.1 Å². The zero-order chi connectivity index (χ0) is 18.0. The Morgan fingerprint density at radius 2 is 1.88 bits per heavy atom. The number of amides is 1. The fraction of sp³-hybridized carbons (Fsp3) is 0.278. The first kappa shape index (κ1) is 20.6. The molecule has 1 saturated heterocycles.